The van der Waals surface area contributed by atoms with E-state index in [1.54, 1.807) is 42.6 Å². The molecule has 0 bridgehead atoms. The molecule has 0 saturated heterocycles. The monoisotopic (exact) mass is 471 g/mol. The Morgan fingerprint density at radius 2 is 1.06 bits per heavy atom. The summed E-state index contributed by atoms with van der Waals surface area (Å²) >= 11 is 0. The Bertz CT molecular complexity index is 1540. The number of carbonyl (C=O) groups is 2. The van der Waals surface area contributed by atoms with E-state index in [1.165, 1.54) is 0 Å². The lowest BCUT2D eigenvalue weighted by Gasteiger charge is -2.13. The number of benzene rings is 4. The van der Waals surface area contributed by atoms with Gasteiger partial charge in [0.2, 0.25) is 0 Å². The van der Waals surface area contributed by atoms with Crippen molar-refractivity contribution in [3.63, 3.8) is 0 Å². The van der Waals surface area contributed by atoms with Gasteiger partial charge >= 0.3 is 11.9 Å². The van der Waals surface area contributed by atoms with Crippen LogP contribution in [0.15, 0.2) is 115 Å². The fraction of sp³-hybridized carbons (Fsp3) is 0. The lowest BCUT2D eigenvalue weighted by Crippen LogP contribution is -1.98. The maximum atomic E-state index is 11.7. The summed E-state index contributed by atoms with van der Waals surface area (Å²) in [4.78, 5) is 27.4. The third kappa shape index (κ3) is 4.63. The van der Waals surface area contributed by atoms with E-state index in [0.717, 1.165) is 38.9 Å². The predicted octanol–water partition coefficient (Wildman–Crippen LogP) is 7.15. The molecule has 0 aliphatic heterocycles. The van der Waals surface area contributed by atoms with Crippen LogP contribution in [0.2, 0.25) is 0 Å². The number of aromatic nitrogens is 1. The Morgan fingerprint density at radius 1 is 0.500 bits per heavy atom. The third-order valence-electron chi connectivity index (χ3n) is 6.07. The van der Waals surface area contributed by atoms with Crippen molar-refractivity contribution in [3.05, 3.63) is 127 Å². The highest BCUT2D eigenvalue weighted by atomic mass is 16.4. The first-order chi connectivity index (χ1) is 17.5. The molecule has 0 aliphatic rings. The van der Waals surface area contributed by atoms with Crippen molar-refractivity contribution in [1.82, 2.24) is 4.98 Å². The van der Waals surface area contributed by atoms with Crippen molar-refractivity contribution in [2.75, 3.05) is 0 Å². The fourth-order valence-electron chi connectivity index (χ4n) is 4.15. The van der Waals surface area contributed by atoms with Crippen LogP contribution in [0.4, 0.5) is 0 Å². The van der Waals surface area contributed by atoms with E-state index < -0.39 is 11.9 Å². The third-order valence-corrected chi connectivity index (χ3v) is 6.07. The number of carboxylic acid groups (broad SMARTS) is 2. The molecule has 0 saturated carbocycles. The quantitative estimate of drug-likeness (QED) is 0.275. The molecule has 0 atom stereocenters. The van der Waals surface area contributed by atoms with E-state index in [-0.39, 0.29) is 11.1 Å². The van der Waals surface area contributed by atoms with Crippen LogP contribution in [0.1, 0.15) is 20.7 Å². The maximum Gasteiger partial charge on any atom is 0.335 e. The molecule has 36 heavy (non-hydrogen) atoms. The van der Waals surface area contributed by atoms with E-state index in [9.17, 15) is 14.7 Å². The number of pyridine rings is 1. The van der Waals surface area contributed by atoms with E-state index in [2.05, 4.69) is 29.2 Å². The molecule has 1 aromatic heterocycles. The molecule has 0 unspecified atom stereocenters. The topological polar surface area (TPSA) is 87.5 Å². The summed E-state index contributed by atoms with van der Waals surface area (Å²) in [6.45, 7) is 0. The SMILES string of the molecule is O=C(O)c1ccc(-c2ccc(-c3cc(C(=O)O)ccc3-c3ccc(-c4ccccc4)cc3)cn2)cc1. The van der Waals surface area contributed by atoms with E-state index in [0.29, 0.717) is 5.69 Å². The van der Waals surface area contributed by atoms with Gasteiger partial charge < -0.3 is 10.2 Å². The van der Waals surface area contributed by atoms with Gasteiger partial charge in [-0.2, -0.15) is 0 Å². The second-order valence-corrected chi connectivity index (χ2v) is 8.32. The second kappa shape index (κ2) is 9.68. The summed E-state index contributed by atoms with van der Waals surface area (Å²) in [5, 5.41) is 18.7. The Kier molecular flexibility index (Phi) is 6.12. The van der Waals surface area contributed by atoms with Gasteiger partial charge in [0, 0.05) is 17.3 Å². The molecule has 0 aliphatic carbocycles. The predicted molar refractivity (Wildman–Crippen MR) is 140 cm³/mol. The van der Waals surface area contributed by atoms with E-state index >= 15 is 0 Å². The van der Waals surface area contributed by atoms with Gasteiger partial charge in [-0.05, 0) is 58.1 Å². The Morgan fingerprint density at radius 3 is 1.67 bits per heavy atom. The molecule has 2 N–H and O–H groups in total. The molecule has 4 aromatic carbocycles. The normalized spacial score (nSPS) is 10.7. The minimum Gasteiger partial charge on any atom is -0.478 e. The van der Waals surface area contributed by atoms with Gasteiger partial charge in [0.15, 0.2) is 0 Å². The Balaban J connectivity index is 1.52. The minimum absolute atomic E-state index is 0.197. The largest absolute Gasteiger partial charge is 0.478 e. The van der Waals surface area contributed by atoms with E-state index in [1.807, 2.05) is 48.5 Å². The van der Waals surface area contributed by atoms with Gasteiger partial charge in [-0.25, -0.2) is 9.59 Å². The summed E-state index contributed by atoms with van der Waals surface area (Å²) in [5.41, 5.74) is 7.54. The van der Waals surface area contributed by atoms with Gasteiger partial charge in [0.25, 0.3) is 0 Å². The van der Waals surface area contributed by atoms with Crippen molar-refractivity contribution in [3.8, 4) is 44.6 Å². The Labute approximate surface area is 208 Å². The van der Waals surface area contributed by atoms with Crippen LogP contribution in [0.5, 0.6) is 0 Å². The fourth-order valence-corrected chi connectivity index (χ4v) is 4.15. The number of nitrogens with zero attached hydrogens (tertiary/aromatic N) is 1. The summed E-state index contributed by atoms with van der Waals surface area (Å²) in [5.74, 6) is -1.97. The molecule has 5 aromatic rings. The van der Waals surface area contributed by atoms with Crippen molar-refractivity contribution in [1.29, 1.82) is 0 Å². The van der Waals surface area contributed by atoms with Crippen molar-refractivity contribution < 1.29 is 19.8 Å². The average Bonchev–Trinajstić information content (AvgIpc) is 2.93. The highest BCUT2D eigenvalue weighted by molar-refractivity contribution is 5.93. The lowest BCUT2D eigenvalue weighted by atomic mass is 9.92. The molecule has 5 heteroatoms. The highest BCUT2D eigenvalue weighted by Crippen LogP contribution is 2.34. The van der Waals surface area contributed by atoms with Gasteiger partial charge in [-0.3, -0.25) is 4.98 Å². The maximum absolute atomic E-state index is 11.7. The second-order valence-electron chi connectivity index (χ2n) is 8.32. The summed E-state index contributed by atoms with van der Waals surface area (Å²) in [7, 11) is 0. The Hall–Kier alpha value is -5.03. The molecule has 5 nitrogen and oxygen atoms in total. The van der Waals surface area contributed by atoms with Crippen LogP contribution in [0, 0.1) is 0 Å². The zero-order chi connectivity index (χ0) is 25.1. The standard InChI is InChI=1S/C31H21NO4/c33-30(34)24-12-10-23(11-13-24)29-17-15-26(19-32-29)28-18-25(31(35)36)14-16-27(28)22-8-6-21(7-9-22)20-4-2-1-3-5-20/h1-19H,(H,33,34)(H,35,36). The smallest absolute Gasteiger partial charge is 0.335 e. The molecule has 0 amide bonds. The molecule has 0 fully saturated rings. The molecule has 0 radical (unpaired) electrons. The summed E-state index contributed by atoms with van der Waals surface area (Å²) in [6.07, 6.45) is 1.71. The molecule has 174 valence electrons. The van der Waals surface area contributed by atoms with Gasteiger partial charge in [-0.1, -0.05) is 78.9 Å². The zero-order valence-corrected chi connectivity index (χ0v) is 19.1. The van der Waals surface area contributed by atoms with Crippen LogP contribution in [-0.4, -0.2) is 27.1 Å². The first-order valence-electron chi connectivity index (χ1n) is 11.3. The van der Waals surface area contributed by atoms with Gasteiger partial charge in [0.1, 0.15) is 0 Å². The molecular formula is C31H21NO4. The number of rotatable bonds is 6. The van der Waals surface area contributed by atoms with Gasteiger partial charge in [0.05, 0.1) is 16.8 Å². The van der Waals surface area contributed by atoms with Crippen LogP contribution >= 0.6 is 0 Å². The zero-order valence-electron chi connectivity index (χ0n) is 19.1. The first-order valence-corrected chi connectivity index (χ1v) is 11.3. The van der Waals surface area contributed by atoms with Crippen molar-refractivity contribution in [2.24, 2.45) is 0 Å². The summed E-state index contributed by atoms with van der Waals surface area (Å²) in [6, 6.07) is 33.7. The van der Waals surface area contributed by atoms with Crippen LogP contribution in [0.3, 0.4) is 0 Å². The van der Waals surface area contributed by atoms with Crippen LogP contribution < -0.4 is 0 Å². The van der Waals surface area contributed by atoms with Gasteiger partial charge in [-0.15, -0.1) is 0 Å². The van der Waals surface area contributed by atoms with Crippen LogP contribution in [-0.2, 0) is 0 Å². The summed E-state index contributed by atoms with van der Waals surface area (Å²) < 4.78 is 0. The molecule has 5 rings (SSSR count). The molecular weight excluding hydrogens is 450 g/mol. The number of hydrogen-bond acceptors (Lipinski definition) is 3. The van der Waals surface area contributed by atoms with E-state index in [4.69, 9.17) is 5.11 Å². The number of carboxylic acids is 2. The lowest BCUT2D eigenvalue weighted by molar-refractivity contribution is 0.0686. The minimum atomic E-state index is -0.995. The number of aromatic carboxylic acids is 2. The first kappa shape index (κ1) is 22.7. The van der Waals surface area contributed by atoms with Crippen LogP contribution in [0.25, 0.3) is 44.6 Å². The van der Waals surface area contributed by atoms with Crippen molar-refractivity contribution in [2.45, 2.75) is 0 Å². The molecule has 0 spiro atoms. The highest BCUT2D eigenvalue weighted by Gasteiger charge is 2.13. The number of hydrogen-bond donors (Lipinski definition) is 2. The van der Waals surface area contributed by atoms with Crippen molar-refractivity contribution >= 4 is 11.9 Å². The average molecular weight is 472 g/mol. The molecule has 1 heterocycles.